The molecular weight excluding hydrogens is 248 g/mol. The van der Waals surface area contributed by atoms with E-state index in [-0.39, 0.29) is 11.5 Å². The molecule has 1 saturated heterocycles. The number of ketones is 1. The zero-order valence-corrected chi connectivity index (χ0v) is 10.3. The molecule has 6 heteroatoms. The Bertz CT molecular complexity index is 486. The summed E-state index contributed by atoms with van der Waals surface area (Å²) in [5.41, 5.74) is 6.66. The maximum atomic E-state index is 12.0. The molecule has 2 atom stereocenters. The number of phenols is 1. The van der Waals surface area contributed by atoms with Crippen molar-refractivity contribution in [2.75, 3.05) is 6.54 Å². The first-order valence-electron chi connectivity index (χ1n) is 6.06. The molecule has 0 aliphatic carbocycles. The van der Waals surface area contributed by atoms with Gasteiger partial charge >= 0.3 is 6.09 Å². The minimum absolute atomic E-state index is 0.152. The summed E-state index contributed by atoms with van der Waals surface area (Å²) in [5.74, 6) is -0.0959. The van der Waals surface area contributed by atoms with E-state index in [2.05, 4.69) is 0 Å². The van der Waals surface area contributed by atoms with E-state index in [9.17, 15) is 9.59 Å². The Morgan fingerprint density at radius 3 is 2.47 bits per heavy atom. The van der Waals surface area contributed by atoms with Crippen molar-refractivity contribution in [1.29, 1.82) is 0 Å². The third kappa shape index (κ3) is 2.85. The number of Topliss-reactive ketones (excluding diaryl/α,β-unsaturated/α-hetero) is 1. The smallest absolute Gasteiger partial charge is 0.407 e. The van der Waals surface area contributed by atoms with Crippen LogP contribution in [0.1, 0.15) is 12.0 Å². The van der Waals surface area contributed by atoms with Crippen molar-refractivity contribution >= 4 is 11.9 Å². The highest BCUT2D eigenvalue weighted by atomic mass is 16.4. The molecule has 0 bridgehead atoms. The average molecular weight is 264 g/mol. The fourth-order valence-corrected chi connectivity index (χ4v) is 2.15. The van der Waals surface area contributed by atoms with E-state index < -0.39 is 18.2 Å². The van der Waals surface area contributed by atoms with Crippen LogP contribution in [0.4, 0.5) is 4.79 Å². The van der Waals surface area contributed by atoms with Crippen molar-refractivity contribution in [3.63, 3.8) is 0 Å². The van der Waals surface area contributed by atoms with E-state index in [4.69, 9.17) is 15.9 Å². The zero-order valence-electron chi connectivity index (χ0n) is 10.3. The minimum Gasteiger partial charge on any atom is -0.508 e. The Labute approximate surface area is 110 Å². The second-order valence-electron chi connectivity index (χ2n) is 4.66. The van der Waals surface area contributed by atoms with Crippen molar-refractivity contribution in [1.82, 2.24) is 4.90 Å². The lowest BCUT2D eigenvalue weighted by Crippen LogP contribution is -2.58. The fraction of sp³-hybridized carbons (Fsp3) is 0.385. The van der Waals surface area contributed by atoms with Crippen LogP contribution in [-0.2, 0) is 11.2 Å². The number of carboxylic acid groups (broad SMARTS) is 1. The minimum atomic E-state index is -1.08. The topological polar surface area (TPSA) is 104 Å². The van der Waals surface area contributed by atoms with Crippen LogP contribution in [0, 0.1) is 0 Å². The molecule has 4 N–H and O–H groups in total. The van der Waals surface area contributed by atoms with Crippen molar-refractivity contribution in [3.05, 3.63) is 29.8 Å². The molecule has 102 valence electrons. The SMILES string of the molecule is N[C@@H](Cc1ccc(O)cc1)C(=O)C1CCN1C(=O)O. The molecule has 1 aromatic carbocycles. The van der Waals surface area contributed by atoms with Gasteiger partial charge in [0, 0.05) is 6.54 Å². The van der Waals surface area contributed by atoms with Gasteiger partial charge in [-0.3, -0.25) is 9.69 Å². The standard InChI is InChI=1S/C13H16N2O4/c14-10(7-8-1-3-9(16)4-2-8)12(17)11-5-6-15(11)13(18)19/h1-4,10-11,16H,5-7,14H2,(H,18,19)/t10-,11?/m0/s1. The number of benzene rings is 1. The lowest BCUT2D eigenvalue weighted by molar-refractivity contribution is -0.128. The normalized spacial score (nSPS) is 19.6. The summed E-state index contributed by atoms with van der Waals surface area (Å²) in [7, 11) is 0. The van der Waals surface area contributed by atoms with Crippen LogP contribution < -0.4 is 5.73 Å². The van der Waals surface area contributed by atoms with Crippen molar-refractivity contribution in [2.45, 2.75) is 24.9 Å². The summed E-state index contributed by atoms with van der Waals surface area (Å²) in [6.07, 6.45) is -0.210. The number of phenolic OH excluding ortho intramolecular Hbond substituents is 1. The lowest BCUT2D eigenvalue weighted by atomic mass is 9.91. The van der Waals surface area contributed by atoms with E-state index >= 15 is 0 Å². The van der Waals surface area contributed by atoms with Crippen LogP contribution >= 0.6 is 0 Å². The van der Waals surface area contributed by atoms with Gasteiger partial charge in [-0.05, 0) is 30.5 Å². The summed E-state index contributed by atoms with van der Waals surface area (Å²) in [5, 5.41) is 18.0. The van der Waals surface area contributed by atoms with Gasteiger partial charge in [0.05, 0.1) is 12.1 Å². The van der Waals surface area contributed by atoms with Crippen LogP contribution in [0.25, 0.3) is 0 Å². The molecule has 1 amide bonds. The number of carbonyl (C=O) groups is 2. The first kappa shape index (κ1) is 13.4. The Kier molecular flexibility index (Phi) is 3.71. The quantitative estimate of drug-likeness (QED) is 0.738. The molecule has 0 spiro atoms. The number of aromatic hydroxyl groups is 1. The summed E-state index contributed by atoms with van der Waals surface area (Å²) in [4.78, 5) is 24.0. The van der Waals surface area contributed by atoms with Crippen LogP contribution in [0.2, 0.25) is 0 Å². The first-order valence-corrected chi connectivity index (χ1v) is 6.06. The highest BCUT2D eigenvalue weighted by Gasteiger charge is 2.39. The summed E-state index contributed by atoms with van der Waals surface area (Å²) < 4.78 is 0. The number of amides is 1. The number of nitrogens with zero attached hydrogens (tertiary/aromatic N) is 1. The highest BCUT2D eigenvalue weighted by Crippen LogP contribution is 2.20. The molecule has 6 nitrogen and oxygen atoms in total. The summed E-state index contributed by atoms with van der Waals surface area (Å²) in [6.45, 7) is 0.387. The molecule has 1 fully saturated rings. The molecule has 1 aliphatic rings. The maximum absolute atomic E-state index is 12.0. The Morgan fingerprint density at radius 2 is 2.00 bits per heavy atom. The van der Waals surface area contributed by atoms with Crippen LogP contribution in [0.5, 0.6) is 5.75 Å². The van der Waals surface area contributed by atoms with Gasteiger partial charge < -0.3 is 15.9 Å². The second-order valence-corrected chi connectivity index (χ2v) is 4.66. The number of nitrogens with two attached hydrogens (primary N) is 1. The molecule has 1 aliphatic heterocycles. The molecule has 0 radical (unpaired) electrons. The van der Waals surface area contributed by atoms with Gasteiger partial charge in [0.15, 0.2) is 5.78 Å². The third-order valence-electron chi connectivity index (χ3n) is 3.35. The molecule has 0 aromatic heterocycles. The summed E-state index contributed by atoms with van der Waals surface area (Å²) >= 11 is 0. The largest absolute Gasteiger partial charge is 0.508 e. The monoisotopic (exact) mass is 264 g/mol. The Morgan fingerprint density at radius 1 is 1.37 bits per heavy atom. The number of rotatable bonds is 4. The molecule has 0 saturated carbocycles. The number of hydrogen-bond donors (Lipinski definition) is 3. The van der Waals surface area contributed by atoms with Gasteiger partial charge in [-0.25, -0.2) is 4.79 Å². The average Bonchev–Trinajstić information content (AvgIpc) is 2.29. The number of carbonyl (C=O) groups excluding carboxylic acids is 1. The molecule has 1 unspecified atom stereocenters. The van der Waals surface area contributed by atoms with Crippen molar-refractivity contribution < 1.29 is 19.8 Å². The van der Waals surface area contributed by atoms with E-state index in [0.29, 0.717) is 19.4 Å². The van der Waals surface area contributed by atoms with Gasteiger partial charge in [-0.2, -0.15) is 0 Å². The lowest BCUT2D eigenvalue weighted by Gasteiger charge is -2.38. The Balaban J connectivity index is 1.96. The maximum Gasteiger partial charge on any atom is 0.407 e. The predicted molar refractivity (Wildman–Crippen MR) is 67.9 cm³/mol. The van der Waals surface area contributed by atoms with Gasteiger partial charge in [0.1, 0.15) is 5.75 Å². The third-order valence-corrected chi connectivity index (χ3v) is 3.35. The Hall–Kier alpha value is -2.08. The van der Waals surface area contributed by atoms with Gasteiger partial charge in [-0.15, -0.1) is 0 Å². The molecule has 1 heterocycles. The van der Waals surface area contributed by atoms with Crippen LogP contribution in [-0.4, -0.2) is 45.6 Å². The van der Waals surface area contributed by atoms with Gasteiger partial charge in [-0.1, -0.05) is 12.1 Å². The van der Waals surface area contributed by atoms with Crippen molar-refractivity contribution in [2.24, 2.45) is 5.73 Å². The van der Waals surface area contributed by atoms with Crippen LogP contribution in [0.3, 0.4) is 0 Å². The van der Waals surface area contributed by atoms with E-state index in [0.717, 1.165) is 10.5 Å². The molecule has 1 aromatic rings. The summed E-state index contributed by atoms with van der Waals surface area (Å²) in [6, 6.07) is 5.11. The molecule has 2 rings (SSSR count). The zero-order chi connectivity index (χ0) is 14.0. The van der Waals surface area contributed by atoms with E-state index in [1.807, 2.05) is 0 Å². The first-order chi connectivity index (χ1) is 8.99. The highest BCUT2D eigenvalue weighted by molar-refractivity contribution is 5.92. The molecule has 19 heavy (non-hydrogen) atoms. The number of likely N-dealkylation sites (tertiary alicyclic amines) is 1. The second kappa shape index (κ2) is 5.27. The van der Waals surface area contributed by atoms with Gasteiger partial charge in [0.2, 0.25) is 0 Å². The number of hydrogen-bond acceptors (Lipinski definition) is 4. The molecular formula is C13H16N2O4. The predicted octanol–water partition coefficient (Wildman–Crippen LogP) is 0.583. The van der Waals surface area contributed by atoms with E-state index in [1.165, 1.54) is 12.1 Å². The van der Waals surface area contributed by atoms with Crippen LogP contribution in [0.15, 0.2) is 24.3 Å². The van der Waals surface area contributed by atoms with Crippen molar-refractivity contribution in [3.8, 4) is 5.75 Å². The van der Waals surface area contributed by atoms with Gasteiger partial charge in [0.25, 0.3) is 0 Å². The fourth-order valence-electron chi connectivity index (χ4n) is 2.15. The van der Waals surface area contributed by atoms with E-state index in [1.54, 1.807) is 12.1 Å².